The highest BCUT2D eigenvalue weighted by Crippen LogP contribution is 2.28. The van der Waals surface area contributed by atoms with Crippen LogP contribution in [-0.2, 0) is 0 Å². The first kappa shape index (κ1) is 17.5. The fourth-order valence-electron chi connectivity index (χ4n) is 3.64. The van der Waals surface area contributed by atoms with E-state index >= 15 is 0 Å². The summed E-state index contributed by atoms with van der Waals surface area (Å²) in [7, 11) is 1.60. The van der Waals surface area contributed by atoms with Gasteiger partial charge in [0.1, 0.15) is 5.75 Å². The van der Waals surface area contributed by atoms with Crippen LogP contribution in [0.25, 0.3) is 17.0 Å². The summed E-state index contributed by atoms with van der Waals surface area (Å²) in [6.07, 6.45) is 13.3. The molecule has 5 rings (SSSR count). The number of anilines is 2. The van der Waals surface area contributed by atoms with Gasteiger partial charge in [0.25, 0.3) is 0 Å². The van der Waals surface area contributed by atoms with Crippen LogP contribution in [0.3, 0.4) is 0 Å². The Morgan fingerprint density at radius 1 is 1.07 bits per heavy atom. The maximum atomic E-state index is 5.15. The van der Waals surface area contributed by atoms with Gasteiger partial charge >= 0.3 is 0 Å². The van der Waals surface area contributed by atoms with Gasteiger partial charge in [-0.25, -0.2) is 9.97 Å². The molecule has 148 valence electrons. The number of rotatable bonds is 5. The van der Waals surface area contributed by atoms with Crippen LogP contribution in [0.2, 0.25) is 0 Å². The topological polar surface area (TPSA) is 108 Å². The maximum Gasteiger partial charge on any atom is 0.229 e. The number of nitrogens with one attached hydrogen (secondary N) is 1. The van der Waals surface area contributed by atoms with Gasteiger partial charge in [-0.3, -0.25) is 4.68 Å². The minimum Gasteiger partial charge on any atom is -0.495 e. The van der Waals surface area contributed by atoms with Crippen molar-refractivity contribution in [1.29, 1.82) is 0 Å². The van der Waals surface area contributed by atoms with E-state index in [1.807, 2.05) is 23.1 Å². The number of fused-ring (bicyclic) bond motifs is 1. The Labute approximate surface area is 167 Å². The zero-order valence-electron chi connectivity index (χ0n) is 16.1. The van der Waals surface area contributed by atoms with Crippen molar-refractivity contribution in [2.24, 2.45) is 0 Å². The smallest absolute Gasteiger partial charge is 0.229 e. The first-order valence-electron chi connectivity index (χ1n) is 9.70. The van der Waals surface area contributed by atoms with Crippen LogP contribution in [0.5, 0.6) is 5.75 Å². The predicted octanol–water partition coefficient (Wildman–Crippen LogP) is 3.06. The van der Waals surface area contributed by atoms with E-state index in [-0.39, 0.29) is 0 Å². The molecular formula is C19H21N9O. The molecule has 4 aromatic heterocycles. The van der Waals surface area contributed by atoms with Gasteiger partial charge in [0.2, 0.25) is 5.95 Å². The third kappa shape index (κ3) is 3.48. The van der Waals surface area contributed by atoms with Crippen molar-refractivity contribution < 1.29 is 4.74 Å². The molecule has 0 saturated heterocycles. The molecule has 1 N–H and O–H groups in total. The number of hydrogen-bond donors (Lipinski definition) is 1. The van der Waals surface area contributed by atoms with Crippen molar-refractivity contribution in [1.82, 2.24) is 39.7 Å². The van der Waals surface area contributed by atoms with Crippen LogP contribution in [-0.4, -0.2) is 46.8 Å². The molecule has 1 aliphatic carbocycles. The Balaban J connectivity index is 1.40. The molecule has 4 heterocycles. The molecule has 0 unspecified atom stereocenters. The van der Waals surface area contributed by atoms with Gasteiger partial charge in [-0.05, 0) is 25.0 Å². The molecule has 0 amide bonds. The fourth-order valence-corrected chi connectivity index (χ4v) is 3.64. The van der Waals surface area contributed by atoms with Gasteiger partial charge in [-0.15, -0.1) is 5.10 Å². The number of hydrogen-bond acceptors (Lipinski definition) is 8. The van der Waals surface area contributed by atoms with Crippen molar-refractivity contribution in [3.05, 3.63) is 36.9 Å². The van der Waals surface area contributed by atoms with E-state index in [1.54, 1.807) is 30.3 Å². The van der Waals surface area contributed by atoms with Crippen LogP contribution in [0.15, 0.2) is 36.9 Å². The molecule has 29 heavy (non-hydrogen) atoms. The largest absolute Gasteiger partial charge is 0.495 e. The maximum absolute atomic E-state index is 5.15. The summed E-state index contributed by atoms with van der Waals surface area (Å²) in [5, 5.41) is 16.0. The molecule has 1 aliphatic rings. The molecule has 0 atom stereocenters. The second-order valence-electron chi connectivity index (χ2n) is 7.09. The number of pyridine rings is 1. The highest BCUT2D eigenvalue weighted by Gasteiger charge is 2.17. The van der Waals surface area contributed by atoms with Crippen LogP contribution in [0.1, 0.15) is 38.1 Å². The average molecular weight is 391 g/mol. The zero-order chi connectivity index (χ0) is 19.6. The predicted molar refractivity (Wildman–Crippen MR) is 106 cm³/mol. The molecule has 1 saturated carbocycles. The van der Waals surface area contributed by atoms with Gasteiger partial charge in [-0.2, -0.15) is 14.8 Å². The lowest BCUT2D eigenvalue weighted by Crippen LogP contribution is -2.12. The van der Waals surface area contributed by atoms with Crippen LogP contribution in [0, 0.1) is 0 Å². The SMILES string of the molecule is COc1ccc(-n2nnc3cnc(Nc4cnn(C5CCCCC5)c4)nc32)nc1. The molecule has 1 fully saturated rings. The molecule has 4 aromatic rings. The Bertz CT molecular complexity index is 1110. The minimum atomic E-state index is 0.456. The van der Waals surface area contributed by atoms with Crippen LogP contribution < -0.4 is 10.1 Å². The van der Waals surface area contributed by atoms with Gasteiger partial charge in [-0.1, -0.05) is 24.5 Å². The van der Waals surface area contributed by atoms with E-state index in [9.17, 15) is 0 Å². The molecule has 10 heteroatoms. The van der Waals surface area contributed by atoms with E-state index in [2.05, 4.69) is 35.7 Å². The van der Waals surface area contributed by atoms with Gasteiger partial charge in [0.15, 0.2) is 17.0 Å². The van der Waals surface area contributed by atoms with Crippen molar-refractivity contribution in [2.45, 2.75) is 38.1 Å². The zero-order valence-corrected chi connectivity index (χ0v) is 16.1. The lowest BCUT2D eigenvalue weighted by molar-refractivity contribution is 0.329. The highest BCUT2D eigenvalue weighted by atomic mass is 16.5. The number of nitrogens with zero attached hydrogens (tertiary/aromatic N) is 8. The quantitative estimate of drug-likeness (QED) is 0.553. The molecule has 0 aromatic carbocycles. The first-order valence-corrected chi connectivity index (χ1v) is 9.70. The summed E-state index contributed by atoms with van der Waals surface area (Å²) in [5.74, 6) is 1.73. The standard InChI is InChI=1S/C19H21N9O/c1-29-15-7-8-17(20-10-15)28-18-16(25-26-28)11-21-19(24-18)23-13-9-22-27(12-13)14-5-3-2-4-6-14/h7-12,14H,2-6H2,1H3,(H,21,23,24). The van der Waals surface area contributed by atoms with E-state index in [0.29, 0.717) is 34.7 Å². The van der Waals surface area contributed by atoms with Crippen molar-refractivity contribution >= 4 is 22.8 Å². The molecule has 0 radical (unpaired) electrons. The minimum absolute atomic E-state index is 0.456. The van der Waals surface area contributed by atoms with Gasteiger partial charge in [0.05, 0.1) is 37.4 Å². The summed E-state index contributed by atoms with van der Waals surface area (Å²) in [5.41, 5.74) is 2.02. The molecular weight excluding hydrogens is 370 g/mol. The first-order chi connectivity index (χ1) is 14.3. The third-order valence-corrected chi connectivity index (χ3v) is 5.17. The van der Waals surface area contributed by atoms with Crippen molar-refractivity contribution in [2.75, 3.05) is 12.4 Å². The summed E-state index contributed by atoms with van der Waals surface area (Å²) in [4.78, 5) is 13.3. The summed E-state index contributed by atoms with van der Waals surface area (Å²) in [6, 6.07) is 4.10. The van der Waals surface area contributed by atoms with E-state index in [1.165, 1.54) is 32.1 Å². The van der Waals surface area contributed by atoms with Crippen molar-refractivity contribution in [3.63, 3.8) is 0 Å². The lowest BCUT2D eigenvalue weighted by atomic mass is 9.96. The Morgan fingerprint density at radius 3 is 2.76 bits per heavy atom. The Kier molecular flexibility index (Phi) is 4.51. The summed E-state index contributed by atoms with van der Waals surface area (Å²) < 4.78 is 8.78. The van der Waals surface area contributed by atoms with Crippen LogP contribution in [0.4, 0.5) is 11.6 Å². The van der Waals surface area contributed by atoms with E-state index in [4.69, 9.17) is 4.74 Å². The summed E-state index contributed by atoms with van der Waals surface area (Å²) >= 11 is 0. The Hall–Kier alpha value is -3.56. The van der Waals surface area contributed by atoms with E-state index < -0.39 is 0 Å². The molecule has 0 bridgehead atoms. The van der Waals surface area contributed by atoms with Crippen molar-refractivity contribution in [3.8, 4) is 11.6 Å². The average Bonchev–Trinajstić information content (AvgIpc) is 3.41. The van der Waals surface area contributed by atoms with Gasteiger partial charge < -0.3 is 10.1 Å². The molecule has 0 aliphatic heterocycles. The number of ether oxygens (including phenoxy) is 1. The second-order valence-corrected chi connectivity index (χ2v) is 7.09. The fraction of sp³-hybridized carbons (Fsp3) is 0.368. The molecule has 10 nitrogen and oxygen atoms in total. The highest BCUT2D eigenvalue weighted by molar-refractivity contribution is 5.72. The monoisotopic (exact) mass is 391 g/mol. The van der Waals surface area contributed by atoms with Crippen LogP contribution >= 0.6 is 0 Å². The van der Waals surface area contributed by atoms with E-state index in [0.717, 1.165) is 5.69 Å². The summed E-state index contributed by atoms with van der Waals surface area (Å²) in [6.45, 7) is 0. The second kappa shape index (κ2) is 7.46. The molecule has 0 spiro atoms. The van der Waals surface area contributed by atoms with Gasteiger partial charge in [0, 0.05) is 6.20 Å². The number of aromatic nitrogens is 8. The number of methoxy groups -OCH3 is 1. The Morgan fingerprint density at radius 2 is 1.97 bits per heavy atom. The lowest BCUT2D eigenvalue weighted by Gasteiger charge is -2.21. The third-order valence-electron chi connectivity index (χ3n) is 5.17. The normalized spacial score (nSPS) is 14.9.